The molecule has 1 aromatic carbocycles. The molecule has 0 radical (unpaired) electrons. The molecule has 0 atom stereocenters. The van der Waals surface area contributed by atoms with Crippen molar-refractivity contribution < 1.29 is 14.3 Å². The van der Waals surface area contributed by atoms with Crippen molar-refractivity contribution >= 4 is 52.5 Å². The van der Waals surface area contributed by atoms with E-state index >= 15 is 0 Å². The summed E-state index contributed by atoms with van der Waals surface area (Å²) in [5, 5.41) is 4.04. The van der Waals surface area contributed by atoms with Gasteiger partial charge in [0.25, 0.3) is 5.91 Å². The second-order valence-electron chi connectivity index (χ2n) is 5.69. The number of thioether (sulfide) groups is 1. The molecule has 0 bridgehead atoms. The molecule has 0 fully saturated rings. The van der Waals surface area contributed by atoms with E-state index in [9.17, 15) is 9.59 Å². The Labute approximate surface area is 172 Å². The molecule has 6 nitrogen and oxygen atoms in total. The number of benzene rings is 1. The number of amides is 1. The first-order chi connectivity index (χ1) is 12.8. The van der Waals surface area contributed by atoms with Crippen LogP contribution in [0.4, 0.5) is 5.69 Å². The first kappa shape index (κ1) is 21.5. The molecule has 9 heteroatoms. The summed E-state index contributed by atoms with van der Waals surface area (Å²) in [6.45, 7) is 3.37. The van der Waals surface area contributed by atoms with Crippen LogP contribution >= 0.6 is 35.0 Å². The van der Waals surface area contributed by atoms with Crippen LogP contribution in [0.2, 0.25) is 10.0 Å². The summed E-state index contributed by atoms with van der Waals surface area (Å²) < 4.78 is 5.02. The quantitative estimate of drug-likeness (QED) is 0.404. The minimum absolute atomic E-state index is 0.134. The largest absolute Gasteiger partial charge is 0.456 e. The number of carbonyl (C=O) groups excluding carboxylic acids is 2. The number of anilines is 1. The van der Waals surface area contributed by atoms with Crippen molar-refractivity contribution in [3.8, 4) is 0 Å². The summed E-state index contributed by atoms with van der Waals surface area (Å²) in [5.74, 6) is -0.970. The molecule has 144 valence electrons. The van der Waals surface area contributed by atoms with Gasteiger partial charge >= 0.3 is 5.97 Å². The normalized spacial score (nSPS) is 10.6. The van der Waals surface area contributed by atoms with Gasteiger partial charge in [0.2, 0.25) is 0 Å². The zero-order valence-electron chi connectivity index (χ0n) is 15.1. The number of rotatable bonds is 7. The molecule has 0 saturated heterocycles. The van der Waals surface area contributed by atoms with Gasteiger partial charge in [-0.25, -0.2) is 9.97 Å². The number of esters is 1. The predicted molar refractivity (Wildman–Crippen MR) is 108 cm³/mol. The Morgan fingerprint density at radius 2 is 1.85 bits per heavy atom. The summed E-state index contributed by atoms with van der Waals surface area (Å²) in [7, 11) is 0. The third kappa shape index (κ3) is 6.37. The van der Waals surface area contributed by atoms with Gasteiger partial charge in [0.05, 0.1) is 10.7 Å². The molecule has 27 heavy (non-hydrogen) atoms. The number of ether oxygens (including phenoxy) is 1. The molecule has 0 aliphatic carbocycles. The van der Waals surface area contributed by atoms with Crippen LogP contribution in [0.5, 0.6) is 0 Å². The van der Waals surface area contributed by atoms with Gasteiger partial charge in [-0.1, -0.05) is 35.0 Å². The van der Waals surface area contributed by atoms with Crippen LogP contribution in [0.15, 0.2) is 23.4 Å². The number of halogens is 2. The fraction of sp³-hybridized carbons (Fsp3) is 0.333. The Morgan fingerprint density at radius 3 is 2.48 bits per heavy atom. The lowest BCUT2D eigenvalue weighted by Crippen LogP contribution is -2.21. The van der Waals surface area contributed by atoms with Crippen molar-refractivity contribution in [3.05, 3.63) is 45.2 Å². The maximum atomic E-state index is 11.9. The lowest BCUT2D eigenvalue weighted by Gasteiger charge is -2.10. The molecule has 2 rings (SSSR count). The Balaban J connectivity index is 1.84. The zero-order valence-corrected chi connectivity index (χ0v) is 17.5. The van der Waals surface area contributed by atoms with E-state index in [2.05, 4.69) is 15.3 Å². The van der Waals surface area contributed by atoms with Gasteiger partial charge in [0.15, 0.2) is 11.8 Å². The number of nitrogens with one attached hydrogen (secondary N) is 1. The van der Waals surface area contributed by atoms with E-state index in [0.29, 0.717) is 27.3 Å². The van der Waals surface area contributed by atoms with Gasteiger partial charge in [0, 0.05) is 22.8 Å². The topological polar surface area (TPSA) is 81.2 Å². The number of carbonyl (C=O) groups is 2. The van der Waals surface area contributed by atoms with Crippen LogP contribution in [0.3, 0.4) is 0 Å². The van der Waals surface area contributed by atoms with Gasteiger partial charge in [-0.15, -0.1) is 0 Å². The van der Waals surface area contributed by atoms with Gasteiger partial charge in [-0.3, -0.25) is 9.59 Å². The molecule has 0 spiro atoms. The second kappa shape index (κ2) is 9.92. The van der Waals surface area contributed by atoms with Crippen molar-refractivity contribution in [1.29, 1.82) is 0 Å². The number of nitrogens with zero attached hydrogens (tertiary/aromatic N) is 2. The van der Waals surface area contributed by atoms with E-state index in [4.69, 9.17) is 27.9 Å². The van der Waals surface area contributed by atoms with Crippen molar-refractivity contribution in [1.82, 2.24) is 9.97 Å². The summed E-state index contributed by atoms with van der Waals surface area (Å²) in [4.78, 5) is 32.6. The van der Waals surface area contributed by atoms with E-state index < -0.39 is 18.5 Å². The molecular formula is C18H19Cl2N3O3S. The average molecular weight is 428 g/mol. The fourth-order valence-corrected chi connectivity index (χ4v) is 3.18. The number of aromatic nitrogens is 2. The molecule has 0 aliphatic heterocycles. The van der Waals surface area contributed by atoms with Gasteiger partial charge < -0.3 is 10.1 Å². The average Bonchev–Trinajstić information content (AvgIpc) is 2.62. The van der Waals surface area contributed by atoms with E-state index in [1.54, 1.807) is 12.1 Å². The summed E-state index contributed by atoms with van der Waals surface area (Å²) in [6, 6.07) is 4.70. The van der Waals surface area contributed by atoms with Crippen LogP contribution in [0.25, 0.3) is 0 Å². The van der Waals surface area contributed by atoms with E-state index in [-0.39, 0.29) is 6.42 Å². The molecule has 0 aliphatic rings. The Hall–Kier alpha value is -1.83. The number of aryl methyl sites for hydroxylation is 2. The Morgan fingerprint density at radius 1 is 1.19 bits per heavy atom. The Bertz CT molecular complexity index is 839. The lowest BCUT2D eigenvalue weighted by atomic mass is 10.1. The molecule has 2 aromatic rings. The third-order valence-electron chi connectivity index (χ3n) is 3.73. The molecule has 1 heterocycles. The lowest BCUT2D eigenvalue weighted by molar-refractivity contribution is -0.147. The first-order valence-electron chi connectivity index (χ1n) is 8.08. The minimum Gasteiger partial charge on any atom is -0.456 e. The third-order valence-corrected chi connectivity index (χ3v) is 4.84. The fourth-order valence-electron chi connectivity index (χ4n) is 2.39. The summed E-state index contributed by atoms with van der Waals surface area (Å²) >= 11 is 13.3. The van der Waals surface area contributed by atoms with Crippen molar-refractivity contribution in [2.45, 2.75) is 31.8 Å². The van der Waals surface area contributed by atoms with E-state index in [0.717, 1.165) is 17.0 Å². The Kier molecular flexibility index (Phi) is 7.89. The van der Waals surface area contributed by atoms with E-state index in [1.807, 2.05) is 20.1 Å². The van der Waals surface area contributed by atoms with Crippen LogP contribution in [0, 0.1) is 13.8 Å². The maximum absolute atomic E-state index is 11.9. The standard InChI is InChI=1S/C18H19Cl2N3O3S/c1-10-13(11(2)22-18(21-10)27-3)5-7-17(25)26-9-16(24)23-15-8-12(19)4-6-14(15)20/h4,6,8H,5,7,9H2,1-3H3,(H,23,24). The van der Waals surface area contributed by atoms with Crippen molar-refractivity contribution in [3.63, 3.8) is 0 Å². The second-order valence-corrected chi connectivity index (χ2v) is 7.31. The molecule has 1 aromatic heterocycles. The highest BCUT2D eigenvalue weighted by Gasteiger charge is 2.13. The zero-order chi connectivity index (χ0) is 20.0. The summed E-state index contributed by atoms with van der Waals surface area (Å²) in [6.07, 6.45) is 2.49. The minimum atomic E-state index is -0.493. The number of hydrogen-bond acceptors (Lipinski definition) is 6. The SMILES string of the molecule is CSc1nc(C)c(CCC(=O)OCC(=O)Nc2cc(Cl)ccc2Cl)c(C)n1. The molecule has 1 amide bonds. The first-order valence-corrected chi connectivity index (χ1v) is 10.1. The number of hydrogen-bond donors (Lipinski definition) is 1. The molecule has 0 unspecified atom stereocenters. The van der Waals surface area contributed by atoms with Crippen LogP contribution < -0.4 is 5.32 Å². The van der Waals surface area contributed by atoms with Crippen molar-refractivity contribution in [2.24, 2.45) is 0 Å². The van der Waals surface area contributed by atoms with Gasteiger partial charge in [0.1, 0.15) is 0 Å². The van der Waals surface area contributed by atoms with Crippen LogP contribution in [-0.4, -0.2) is 34.7 Å². The molecule has 0 saturated carbocycles. The highest BCUT2D eigenvalue weighted by atomic mass is 35.5. The summed E-state index contributed by atoms with van der Waals surface area (Å²) in [5.41, 5.74) is 2.96. The van der Waals surface area contributed by atoms with Crippen LogP contribution in [0.1, 0.15) is 23.4 Å². The predicted octanol–water partition coefficient (Wildman–Crippen LogP) is 4.24. The van der Waals surface area contributed by atoms with Gasteiger partial charge in [-0.2, -0.15) is 0 Å². The highest BCUT2D eigenvalue weighted by molar-refractivity contribution is 7.98. The van der Waals surface area contributed by atoms with Crippen molar-refractivity contribution in [2.75, 3.05) is 18.2 Å². The monoisotopic (exact) mass is 427 g/mol. The molecule has 1 N–H and O–H groups in total. The smallest absolute Gasteiger partial charge is 0.306 e. The maximum Gasteiger partial charge on any atom is 0.306 e. The van der Waals surface area contributed by atoms with Crippen LogP contribution in [-0.2, 0) is 20.7 Å². The highest BCUT2D eigenvalue weighted by Crippen LogP contribution is 2.25. The van der Waals surface area contributed by atoms with E-state index in [1.165, 1.54) is 17.8 Å². The molecular weight excluding hydrogens is 409 g/mol. The van der Waals surface area contributed by atoms with Gasteiger partial charge in [-0.05, 0) is 50.3 Å².